The van der Waals surface area contributed by atoms with Crippen molar-refractivity contribution in [2.24, 2.45) is 5.92 Å². The Hall–Kier alpha value is -2.51. The zero-order valence-corrected chi connectivity index (χ0v) is 19.9. The number of hydrogen-bond acceptors (Lipinski definition) is 6. The van der Waals surface area contributed by atoms with Gasteiger partial charge in [0.15, 0.2) is 0 Å². The molecule has 7 heteroatoms. The van der Waals surface area contributed by atoms with Gasteiger partial charge >= 0.3 is 0 Å². The van der Waals surface area contributed by atoms with E-state index in [1.165, 1.54) is 36.1 Å². The number of anilines is 1. The van der Waals surface area contributed by atoms with Crippen LogP contribution >= 0.6 is 0 Å². The van der Waals surface area contributed by atoms with Crippen molar-refractivity contribution in [3.05, 3.63) is 42.1 Å². The minimum absolute atomic E-state index is 0.165. The minimum atomic E-state index is -0.165. The Balaban J connectivity index is 1.39. The van der Waals surface area contributed by atoms with Crippen molar-refractivity contribution in [3.63, 3.8) is 0 Å². The minimum Gasteiger partial charge on any atom is -0.393 e. The van der Waals surface area contributed by atoms with Crippen LogP contribution in [0.5, 0.6) is 0 Å². The topological polar surface area (TPSA) is 75.8 Å². The first kappa shape index (κ1) is 22.0. The van der Waals surface area contributed by atoms with Gasteiger partial charge in [-0.25, -0.2) is 14.5 Å². The third kappa shape index (κ3) is 4.43. The van der Waals surface area contributed by atoms with Gasteiger partial charge in [-0.2, -0.15) is 5.10 Å². The summed E-state index contributed by atoms with van der Waals surface area (Å²) in [4.78, 5) is 11.9. The summed E-state index contributed by atoms with van der Waals surface area (Å²) in [6.07, 6.45) is 13.2. The molecule has 5 heterocycles. The molecule has 7 nitrogen and oxygen atoms in total. The molecule has 1 aliphatic carbocycles. The van der Waals surface area contributed by atoms with E-state index in [2.05, 4.69) is 27.6 Å². The second kappa shape index (κ2) is 9.62. The fourth-order valence-electron chi connectivity index (χ4n) is 5.92. The highest BCUT2D eigenvalue weighted by Gasteiger charge is 2.26. The molecular weight excluding hydrogens is 426 g/mol. The lowest BCUT2D eigenvalue weighted by Gasteiger charge is -2.27. The van der Waals surface area contributed by atoms with E-state index in [-0.39, 0.29) is 6.10 Å². The van der Waals surface area contributed by atoms with Gasteiger partial charge in [0.25, 0.3) is 0 Å². The molecular formula is C27H35N5O2. The molecule has 180 valence electrons. The molecule has 3 aromatic heterocycles. The Bertz CT molecular complexity index is 1130. The average Bonchev–Trinajstić information content (AvgIpc) is 3.53. The predicted molar refractivity (Wildman–Crippen MR) is 132 cm³/mol. The van der Waals surface area contributed by atoms with E-state index in [0.29, 0.717) is 11.8 Å². The number of fused-ring (bicyclic) bond motifs is 1. The van der Waals surface area contributed by atoms with Crippen LogP contribution in [0, 0.1) is 5.92 Å². The van der Waals surface area contributed by atoms with Crippen LogP contribution in [0.15, 0.2) is 30.6 Å². The van der Waals surface area contributed by atoms with Gasteiger partial charge in [-0.05, 0) is 81.0 Å². The molecule has 1 saturated carbocycles. The maximum absolute atomic E-state index is 10.1. The van der Waals surface area contributed by atoms with Crippen LogP contribution in [0.4, 0.5) is 5.82 Å². The van der Waals surface area contributed by atoms with Gasteiger partial charge < -0.3 is 14.7 Å². The van der Waals surface area contributed by atoms with E-state index in [9.17, 15) is 5.11 Å². The number of aliphatic hydroxyl groups excluding tert-OH is 1. The normalized spacial score (nSPS) is 25.8. The molecule has 0 spiro atoms. The van der Waals surface area contributed by atoms with E-state index >= 15 is 0 Å². The van der Waals surface area contributed by atoms with Crippen LogP contribution in [0.1, 0.15) is 68.8 Å². The molecule has 3 fully saturated rings. The maximum atomic E-state index is 10.1. The first-order valence-corrected chi connectivity index (χ1v) is 13.1. The first-order valence-electron chi connectivity index (χ1n) is 13.1. The highest BCUT2D eigenvalue weighted by atomic mass is 16.5. The van der Waals surface area contributed by atoms with E-state index < -0.39 is 0 Å². The summed E-state index contributed by atoms with van der Waals surface area (Å²) >= 11 is 0. The molecule has 34 heavy (non-hydrogen) atoms. The van der Waals surface area contributed by atoms with Gasteiger partial charge in [0, 0.05) is 56.1 Å². The standard InChI is InChI=1S/C27H35N5O2/c33-22-6-4-20(5-7-22)24-16-23(21-8-10-28-27(15-21)31-11-2-1-3-12-31)25-17-29-26(30-32(24)25)14-19-9-13-34-18-19/h8,10,15-17,19-20,22,33H,1-7,9,11-14,18H2/t19-,20?,22?/m1/s1. The third-order valence-electron chi connectivity index (χ3n) is 7.94. The molecule has 3 aliphatic rings. The lowest BCUT2D eigenvalue weighted by Crippen LogP contribution is -2.30. The predicted octanol–water partition coefficient (Wildman–Crippen LogP) is 4.38. The zero-order chi connectivity index (χ0) is 22.9. The van der Waals surface area contributed by atoms with Crippen molar-refractivity contribution in [2.75, 3.05) is 31.2 Å². The quantitative estimate of drug-likeness (QED) is 0.608. The summed E-state index contributed by atoms with van der Waals surface area (Å²) in [5, 5.41) is 15.1. The number of pyridine rings is 1. The average molecular weight is 462 g/mol. The number of hydrogen-bond donors (Lipinski definition) is 1. The Morgan fingerprint density at radius 3 is 2.65 bits per heavy atom. The summed E-state index contributed by atoms with van der Waals surface area (Å²) < 4.78 is 7.72. The Morgan fingerprint density at radius 2 is 1.85 bits per heavy atom. The van der Waals surface area contributed by atoms with Gasteiger partial charge in [-0.3, -0.25) is 0 Å². The Labute approximate surface area is 201 Å². The van der Waals surface area contributed by atoms with E-state index in [0.717, 1.165) is 82.0 Å². The van der Waals surface area contributed by atoms with Crippen LogP contribution < -0.4 is 4.90 Å². The summed E-state index contributed by atoms with van der Waals surface area (Å²) in [5.74, 6) is 2.88. The summed E-state index contributed by atoms with van der Waals surface area (Å²) in [7, 11) is 0. The van der Waals surface area contributed by atoms with Crippen molar-refractivity contribution >= 4 is 11.3 Å². The summed E-state index contributed by atoms with van der Waals surface area (Å²) in [6.45, 7) is 3.82. The van der Waals surface area contributed by atoms with Gasteiger partial charge in [0.05, 0.1) is 17.8 Å². The number of piperidine rings is 1. The van der Waals surface area contributed by atoms with E-state index in [1.54, 1.807) is 0 Å². The number of aromatic nitrogens is 4. The van der Waals surface area contributed by atoms with Crippen molar-refractivity contribution in [2.45, 2.75) is 69.8 Å². The second-order valence-corrected chi connectivity index (χ2v) is 10.3. The van der Waals surface area contributed by atoms with Crippen LogP contribution in [-0.4, -0.2) is 57.1 Å². The van der Waals surface area contributed by atoms with E-state index in [1.807, 2.05) is 12.4 Å². The third-order valence-corrected chi connectivity index (χ3v) is 7.94. The number of rotatable bonds is 5. The monoisotopic (exact) mass is 461 g/mol. The molecule has 1 N–H and O–H groups in total. The Morgan fingerprint density at radius 1 is 1.00 bits per heavy atom. The van der Waals surface area contributed by atoms with Crippen molar-refractivity contribution in [1.82, 2.24) is 19.6 Å². The molecule has 0 radical (unpaired) electrons. The van der Waals surface area contributed by atoms with E-state index in [4.69, 9.17) is 19.8 Å². The second-order valence-electron chi connectivity index (χ2n) is 10.3. The molecule has 0 bridgehead atoms. The highest BCUT2D eigenvalue weighted by Crippen LogP contribution is 2.38. The molecule has 2 saturated heterocycles. The lowest BCUT2D eigenvalue weighted by molar-refractivity contribution is 0.121. The zero-order valence-electron chi connectivity index (χ0n) is 19.9. The molecule has 2 aliphatic heterocycles. The van der Waals surface area contributed by atoms with Crippen molar-refractivity contribution < 1.29 is 9.84 Å². The van der Waals surface area contributed by atoms with Crippen LogP contribution in [0.2, 0.25) is 0 Å². The van der Waals surface area contributed by atoms with Gasteiger partial charge in [0.1, 0.15) is 11.6 Å². The largest absolute Gasteiger partial charge is 0.393 e. The van der Waals surface area contributed by atoms with Crippen LogP contribution in [0.3, 0.4) is 0 Å². The highest BCUT2D eigenvalue weighted by molar-refractivity contribution is 5.82. The number of ether oxygens (including phenoxy) is 1. The smallest absolute Gasteiger partial charge is 0.149 e. The molecule has 3 aromatic rings. The maximum Gasteiger partial charge on any atom is 0.149 e. The Kier molecular flexibility index (Phi) is 6.22. The molecule has 1 atom stereocenters. The molecule has 0 unspecified atom stereocenters. The molecule has 6 rings (SSSR count). The summed E-state index contributed by atoms with van der Waals surface area (Å²) in [6, 6.07) is 6.67. The van der Waals surface area contributed by atoms with Crippen LogP contribution in [0.25, 0.3) is 16.6 Å². The molecule has 0 aromatic carbocycles. The number of aliphatic hydroxyl groups is 1. The first-order chi connectivity index (χ1) is 16.7. The van der Waals surface area contributed by atoms with Gasteiger partial charge in [-0.15, -0.1) is 0 Å². The van der Waals surface area contributed by atoms with Crippen LogP contribution in [-0.2, 0) is 11.2 Å². The SMILES string of the molecule is OC1CCC(c2cc(-c3ccnc(N4CCCCC4)c3)c3cnc(C[C@H]4CCOC4)nn23)CC1. The van der Waals surface area contributed by atoms with Crippen molar-refractivity contribution in [3.8, 4) is 11.1 Å². The lowest BCUT2D eigenvalue weighted by atomic mass is 9.85. The van der Waals surface area contributed by atoms with Gasteiger partial charge in [0.2, 0.25) is 0 Å². The summed E-state index contributed by atoms with van der Waals surface area (Å²) in [5.41, 5.74) is 4.66. The number of nitrogens with zero attached hydrogens (tertiary/aromatic N) is 5. The fourth-order valence-corrected chi connectivity index (χ4v) is 5.92. The van der Waals surface area contributed by atoms with Crippen molar-refractivity contribution in [1.29, 1.82) is 0 Å². The molecule has 0 amide bonds. The van der Waals surface area contributed by atoms with Gasteiger partial charge in [-0.1, -0.05) is 0 Å². The fraction of sp³-hybridized carbons (Fsp3) is 0.593.